The van der Waals surface area contributed by atoms with Crippen molar-refractivity contribution in [3.8, 4) is 17.0 Å². The van der Waals surface area contributed by atoms with Crippen molar-refractivity contribution in [1.82, 2.24) is 19.9 Å². The third-order valence-electron chi connectivity index (χ3n) is 7.97. The van der Waals surface area contributed by atoms with Crippen LogP contribution in [-0.2, 0) is 17.8 Å². The van der Waals surface area contributed by atoms with Crippen LogP contribution >= 0.6 is 0 Å². The molecular formula is C34H35FN6O3. The van der Waals surface area contributed by atoms with Crippen LogP contribution in [0.25, 0.3) is 22.0 Å². The zero-order valence-corrected chi connectivity index (χ0v) is 24.5. The molecule has 10 heteroatoms. The molecule has 1 atom stereocenters. The van der Waals surface area contributed by atoms with Gasteiger partial charge in [-0.05, 0) is 73.6 Å². The lowest BCUT2D eigenvalue weighted by molar-refractivity contribution is -0.137. The maximum atomic E-state index is 16.7. The SMILES string of the molecule is CCc1cc(OC2CCNCC2)c(F)c(C(Nc2ccc3c(N)nccc3c2)c2nc(-c3ccccc3)cn2CC(=O)O)c1. The number of benzene rings is 3. The summed E-state index contributed by atoms with van der Waals surface area (Å²) in [5.74, 6) is -0.570. The zero-order chi connectivity index (χ0) is 30.6. The molecule has 226 valence electrons. The normalized spacial score (nSPS) is 14.4. The minimum atomic E-state index is -1.03. The Bertz CT molecular complexity index is 1790. The molecule has 0 radical (unpaired) electrons. The number of aliphatic carboxylic acids is 1. The minimum absolute atomic E-state index is 0.102. The molecular weight excluding hydrogens is 559 g/mol. The molecule has 1 aliphatic heterocycles. The van der Waals surface area contributed by atoms with E-state index in [4.69, 9.17) is 15.5 Å². The van der Waals surface area contributed by atoms with Crippen LogP contribution in [0.5, 0.6) is 5.75 Å². The standard InChI is InChI=1S/C34H35FN6O3/c1-2-21-16-27(31(35)29(17-21)44-25-11-13-37-14-12-25)32(39-24-8-9-26-23(18-24)10-15-38-33(26)36)34-40-28(19-41(34)20-30(42)43)22-6-4-3-5-7-22/h3-10,15-19,25,32,37,39H,2,11-14,20H2,1H3,(H2,36,38)(H,42,43). The smallest absolute Gasteiger partial charge is 0.323 e. The first-order valence-electron chi connectivity index (χ1n) is 14.8. The van der Waals surface area contributed by atoms with Gasteiger partial charge in [0.05, 0.1) is 5.69 Å². The summed E-state index contributed by atoms with van der Waals surface area (Å²) in [5, 5.41) is 18.3. The number of piperidine rings is 1. The summed E-state index contributed by atoms with van der Waals surface area (Å²) in [5.41, 5.74) is 9.40. The maximum Gasteiger partial charge on any atom is 0.323 e. The van der Waals surface area contributed by atoms with Crippen molar-refractivity contribution < 1.29 is 19.0 Å². The van der Waals surface area contributed by atoms with Crippen molar-refractivity contribution in [2.45, 2.75) is 44.9 Å². The number of carbonyl (C=O) groups is 1. The van der Waals surface area contributed by atoms with Gasteiger partial charge in [0.1, 0.15) is 30.3 Å². The van der Waals surface area contributed by atoms with Crippen LogP contribution in [0, 0.1) is 5.82 Å². The number of anilines is 2. The van der Waals surface area contributed by atoms with E-state index < -0.39 is 17.8 Å². The van der Waals surface area contributed by atoms with Gasteiger partial charge in [-0.15, -0.1) is 0 Å². The number of carboxylic acid groups (broad SMARTS) is 1. The number of halogens is 1. The number of carboxylic acids is 1. The molecule has 5 aromatic rings. The molecule has 1 saturated heterocycles. The van der Waals surface area contributed by atoms with Crippen LogP contribution < -0.4 is 21.1 Å². The van der Waals surface area contributed by atoms with E-state index >= 15 is 4.39 Å². The Labute approximate surface area is 254 Å². The molecule has 9 nitrogen and oxygen atoms in total. The van der Waals surface area contributed by atoms with E-state index in [1.807, 2.05) is 67.6 Å². The Kier molecular flexibility index (Phi) is 8.42. The molecule has 5 N–H and O–H groups in total. The first kappa shape index (κ1) is 29.1. The molecule has 0 saturated carbocycles. The average molecular weight is 595 g/mol. The number of nitrogen functional groups attached to an aromatic ring is 1. The molecule has 6 rings (SSSR count). The monoisotopic (exact) mass is 594 g/mol. The minimum Gasteiger partial charge on any atom is -0.487 e. The number of pyridine rings is 1. The van der Waals surface area contributed by atoms with Gasteiger partial charge in [0.25, 0.3) is 0 Å². The second-order valence-corrected chi connectivity index (χ2v) is 11.0. The third-order valence-corrected chi connectivity index (χ3v) is 7.97. The maximum absolute atomic E-state index is 16.7. The predicted molar refractivity (Wildman–Crippen MR) is 169 cm³/mol. The van der Waals surface area contributed by atoms with Crippen molar-refractivity contribution in [2.75, 3.05) is 24.1 Å². The van der Waals surface area contributed by atoms with Gasteiger partial charge in [-0.2, -0.15) is 0 Å². The Morgan fingerprint density at radius 3 is 2.70 bits per heavy atom. The number of aromatic nitrogens is 3. The number of hydrogen-bond donors (Lipinski definition) is 4. The number of aryl methyl sites for hydroxylation is 1. The van der Waals surface area contributed by atoms with Crippen LogP contribution in [0.2, 0.25) is 0 Å². The quantitative estimate of drug-likeness (QED) is 0.160. The van der Waals surface area contributed by atoms with E-state index in [2.05, 4.69) is 15.6 Å². The van der Waals surface area contributed by atoms with Gasteiger partial charge in [-0.3, -0.25) is 4.79 Å². The van der Waals surface area contributed by atoms with Crippen molar-refractivity contribution in [1.29, 1.82) is 0 Å². The van der Waals surface area contributed by atoms with Crippen LogP contribution in [0.15, 0.2) is 79.1 Å². The highest BCUT2D eigenvalue weighted by atomic mass is 19.1. The number of nitrogens with two attached hydrogens (primary N) is 1. The Morgan fingerprint density at radius 2 is 1.95 bits per heavy atom. The molecule has 0 spiro atoms. The van der Waals surface area contributed by atoms with Crippen molar-refractivity contribution >= 4 is 28.2 Å². The summed E-state index contributed by atoms with van der Waals surface area (Å²) in [7, 11) is 0. The van der Waals surface area contributed by atoms with E-state index in [9.17, 15) is 9.90 Å². The van der Waals surface area contributed by atoms with Crippen LogP contribution in [0.4, 0.5) is 15.9 Å². The van der Waals surface area contributed by atoms with Gasteiger partial charge >= 0.3 is 5.97 Å². The lowest BCUT2D eigenvalue weighted by Crippen LogP contribution is -2.34. The number of imidazole rings is 1. The second kappa shape index (κ2) is 12.7. The summed E-state index contributed by atoms with van der Waals surface area (Å²) in [6.45, 7) is 3.29. The summed E-state index contributed by atoms with van der Waals surface area (Å²) >= 11 is 0. The molecule has 0 aliphatic carbocycles. The molecule has 1 aliphatic rings. The zero-order valence-electron chi connectivity index (χ0n) is 24.5. The fourth-order valence-electron chi connectivity index (χ4n) is 5.69. The van der Waals surface area contributed by atoms with Gasteiger partial charge < -0.3 is 30.8 Å². The van der Waals surface area contributed by atoms with Crippen molar-refractivity contribution in [3.05, 3.63) is 102 Å². The Morgan fingerprint density at radius 1 is 1.16 bits per heavy atom. The lowest BCUT2D eigenvalue weighted by Gasteiger charge is -2.27. The summed E-state index contributed by atoms with van der Waals surface area (Å²) in [4.78, 5) is 21.1. The third kappa shape index (κ3) is 6.21. The number of nitrogens with one attached hydrogen (secondary N) is 2. The fourth-order valence-corrected chi connectivity index (χ4v) is 5.69. The topological polar surface area (TPSA) is 127 Å². The first-order chi connectivity index (χ1) is 21.4. The van der Waals surface area contributed by atoms with E-state index in [1.165, 1.54) is 0 Å². The number of fused-ring (bicyclic) bond motifs is 1. The van der Waals surface area contributed by atoms with Gasteiger partial charge in [-0.25, -0.2) is 14.4 Å². The van der Waals surface area contributed by atoms with Crippen molar-refractivity contribution in [3.63, 3.8) is 0 Å². The second-order valence-electron chi connectivity index (χ2n) is 11.0. The molecule has 1 fully saturated rings. The number of hydrogen-bond acceptors (Lipinski definition) is 7. The Balaban J connectivity index is 1.51. The molecule has 3 aromatic carbocycles. The molecule has 1 unspecified atom stereocenters. The highest BCUT2D eigenvalue weighted by Crippen LogP contribution is 2.36. The summed E-state index contributed by atoms with van der Waals surface area (Å²) in [6, 6.07) is 19.7. The Hall–Kier alpha value is -4.96. The van der Waals surface area contributed by atoms with Gasteiger partial charge in [-0.1, -0.05) is 43.3 Å². The highest BCUT2D eigenvalue weighted by molar-refractivity contribution is 5.93. The summed E-state index contributed by atoms with van der Waals surface area (Å²) < 4.78 is 24.5. The first-order valence-corrected chi connectivity index (χ1v) is 14.8. The van der Waals surface area contributed by atoms with Gasteiger partial charge in [0, 0.05) is 34.6 Å². The fraction of sp³-hybridized carbons (Fsp3) is 0.265. The van der Waals surface area contributed by atoms with E-state index in [0.717, 1.165) is 47.8 Å². The summed E-state index contributed by atoms with van der Waals surface area (Å²) in [6.07, 6.45) is 5.46. The molecule has 2 aromatic heterocycles. The largest absolute Gasteiger partial charge is 0.487 e. The van der Waals surface area contributed by atoms with E-state index in [1.54, 1.807) is 23.0 Å². The highest BCUT2D eigenvalue weighted by Gasteiger charge is 2.29. The number of ether oxygens (including phenoxy) is 1. The molecule has 3 heterocycles. The van der Waals surface area contributed by atoms with Crippen LogP contribution in [-0.4, -0.2) is 44.8 Å². The van der Waals surface area contributed by atoms with E-state index in [-0.39, 0.29) is 18.4 Å². The predicted octanol–water partition coefficient (Wildman–Crippen LogP) is 5.80. The molecule has 0 bridgehead atoms. The van der Waals surface area contributed by atoms with Crippen molar-refractivity contribution in [2.24, 2.45) is 0 Å². The van der Waals surface area contributed by atoms with Gasteiger partial charge in [0.2, 0.25) is 0 Å². The molecule has 0 amide bonds. The lowest BCUT2D eigenvalue weighted by atomic mass is 9.99. The van der Waals surface area contributed by atoms with Gasteiger partial charge in [0.15, 0.2) is 11.6 Å². The number of nitrogens with zero attached hydrogens (tertiary/aromatic N) is 3. The number of rotatable bonds is 10. The average Bonchev–Trinajstić information content (AvgIpc) is 3.45. The van der Waals surface area contributed by atoms with E-state index in [0.29, 0.717) is 35.0 Å². The van der Waals surface area contributed by atoms with Crippen LogP contribution in [0.1, 0.15) is 42.8 Å². The molecule has 44 heavy (non-hydrogen) atoms. The van der Waals surface area contributed by atoms with Crippen LogP contribution in [0.3, 0.4) is 0 Å².